The average molecular weight is 1310 g/mol. The summed E-state index contributed by atoms with van der Waals surface area (Å²) >= 11 is 1.45. The Morgan fingerprint density at radius 1 is 0.326 bits per heavy atom. The van der Waals surface area contributed by atoms with Gasteiger partial charge in [0, 0.05) is 24.7 Å². The van der Waals surface area contributed by atoms with E-state index >= 15 is 0 Å². The molecule has 8 aromatic carbocycles. The Balaban J connectivity index is 0.987. The molecule has 0 aliphatic carbocycles. The summed E-state index contributed by atoms with van der Waals surface area (Å²) in [6.07, 6.45) is -13.1. The third-order valence-corrected chi connectivity index (χ3v) is 17.9. The van der Waals surface area contributed by atoms with Crippen LogP contribution >= 0.6 is 11.8 Å². The van der Waals surface area contributed by atoms with Gasteiger partial charge < -0.3 is 66.3 Å². The Bertz CT molecular complexity index is 3480. The second-order valence-corrected chi connectivity index (χ2v) is 25.0. The summed E-state index contributed by atoms with van der Waals surface area (Å²) in [5.74, 6) is -1.54. The zero-order chi connectivity index (χ0) is 65.4. The summed E-state index contributed by atoms with van der Waals surface area (Å²) in [6, 6.07) is 78.7. The van der Waals surface area contributed by atoms with Crippen molar-refractivity contribution in [1.82, 2.24) is 0 Å². The molecular formula is C78H84O16S. The Morgan fingerprint density at radius 3 is 1.07 bits per heavy atom. The van der Waals surface area contributed by atoms with Gasteiger partial charge in [-0.25, -0.2) is 0 Å². The van der Waals surface area contributed by atoms with Crippen molar-refractivity contribution in [3.8, 4) is 0 Å². The Hall–Kier alpha value is -7.43. The normalized spacial score (nSPS) is 25.9. The van der Waals surface area contributed by atoms with E-state index in [4.69, 9.17) is 66.3 Å². The highest BCUT2D eigenvalue weighted by Crippen LogP contribution is 2.42. The largest absolute Gasteiger partial charge is 0.454 e. The van der Waals surface area contributed by atoms with Crippen molar-refractivity contribution in [3.63, 3.8) is 0 Å². The van der Waals surface area contributed by atoms with E-state index in [9.17, 15) is 9.59 Å². The number of thioether (sulfide) groups is 1. The minimum absolute atomic E-state index is 0.0406. The molecule has 15 atom stereocenters. The molecule has 3 aliphatic rings. The Kier molecular flexibility index (Phi) is 26.2. The van der Waals surface area contributed by atoms with Crippen molar-refractivity contribution in [3.05, 3.63) is 282 Å². The molecule has 498 valence electrons. The van der Waals surface area contributed by atoms with Gasteiger partial charge in [0.15, 0.2) is 24.8 Å². The lowest BCUT2D eigenvalue weighted by molar-refractivity contribution is -0.351. The SMILES string of the molecule is CC(=O)OC1[C@@H](O[C@@H]2C(OCc3ccccc3)[C@@H](Sc3ccccc3)OC(CO[C@H]3OC(COCc4ccccc4)[C@@H](OCc4ccccc4)[C@H](OCc4ccccc4)C3OC(C)=O)[C@@H]2OCc2ccccc2)OC(COCc2ccccc2)[C@@H](C)[C@@H]1OCc1ccccc1. The predicted molar refractivity (Wildman–Crippen MR) is 357 cm³/mol. The lowest BCUT2D eigenvalue weighted by Gasteiger charge is -2.50. The monoisotopic (exact) mass is 1310 g/mol. The number of carbonyl (C=O) groups is 2. The maximum absolute atomic E-state index is 13.6. The summed E-state index contributed by atoms with van der Waals surface area (Å²) < 4.78 is 97.2. The highest BCUT2D eigenvalue weighted by atomic mass is 32.2. The van der Waals surface area contributed by atoms with Crippen LogP contribution in [0.3, 0.4) is 0 Å². The fourth-order valence-electron chi connectivity index (χ4n) is 11.9. The van der Waals surface area contributed by atoms with E-state index in [1.165, 1.54) is 25.6 Å². The quantitative estimate of drug-likeness (QED) is 0.0366. The van der Waals surface area contributed by atoms with Crippen LogP contribution in [0.15, 0.2) is 248 Å². The smallest absolute Gasteiger partial charge is 0.303 e. The number of ether oxygens (including phenoxy) is 14. The Labute approximate surface area is 561 Å². The number of hydrogen-bond donors (Lipinski definition) is 0. The molecule has 3 saturated heterocycles. The van der Waals surface area contributed by atoms with E-state index in [1.54, 1.807) is 0 Å². The molecular weight excluding hydrogens is 1220 g/mol. The van der Waals surface area contributed by atoms with E-state index in [0.29, 0.717) is 6.61 Å². The predicted octanol–water partition coefficient (Wildman–Crippen LogP) is 13.2. The summed E-state index contributed by atoms with van der Waals surface area (Å²) in [5, 5.41) is 0. The zero-order valence-corrected chi connectivity index (χ0v) is 54.6. The molecule has 17 heteroatoms. The van der Waals surface area contributed by atoms with Gasteiger partial charge in [0.25, 0.3) is 0 Å². The van der Waals surface area contributed by atoms with Gasteiger partial charge in [-0.15, -0.1) is 0 Å². The van der Waals surface area contributed by atoms with E-state index in [1.807, 2.05) is 250 Å². The van der Waals surface area contributed by atoms with Gasteiger partial charge in [0.1, 0.15) is 54.3 Å². The topological polar surface area (TPSA) is 163 Å². The van der Waals surface area contributed by atoms with Gasteiger partial charge in [-0.2, -0.15) is 0 Å². The second kappa shape index (κ2) is 36.1. The molecule has 0 N–H and O–H groups in total. The first-order valence-electron chi connectivity index (χ1n) is 32.5. The maximum Gasteiger partial charge on any atom is 0.303 e. The van der Waals surface area contributed by atoms with Crippen LogP contribution in [-0.4, -0.2) is 117 Å². The molecule has 3 fully saturated rings. The Morgan fingerprint density at radius 2 is 0.653 bits per heavy atom. The minimum atomic E-state index is -1.30. The molecule has 3 aliphatic heterocycles. The molecule has 0 aromatic heterocycles. The van der Waals surface area contributed by atoms with Crippen LogP contribution in [0.2, 0.25) is 0 Å². The molecule has 0 saturated carbocycles. The summed E-state index contributed by atoms with van der Waals surface area (Å²) in [7, 11) is 0. The first kappa shape index (κ1) is 68.9. The lowest BCUT2D eigenvalue weighted by atomic mass is 9.90. The highest BCUT2D eigenvalue weighted by molar-refractivity contribution is 7.99. The van der Waals surface area contributed by atoms with Gasteiger partial charge in [-0.3, -0.25) is 9.59 Å². The van der Waals surface area contributed by atoms with Gasteiger partial charge in [0.05, 0.1) is 72.2 Å². The molecule has 95 heavy (non-hydrogen) atoms. The van der Waals surface area contributed by atoms with E-state index in [2.05, 4.69) is 0 Å². The van der Waals surface area contributed by atoms with Crippen LogP contribution in [0.1, 0.15) is 59.7 Å². The fourth-order valence-corrected chi connectivity index (χ4v) is 13.1. The maximum atomic E-state index is 13.6. The molecule has 11 rings (SSSR count). The van der Waals surface area contributed by atoms with Crippen molar-refractivity contribution in [2.75, 3.05) is 19.8 Å². The number of carbonyl (C=O) groups excluding carboxylic acids is 2. The first-order chi connectivity index (χ1) is 46.7. The van der Waals surface area contributed by atoms with Crippen LogP contribution in [-0.2, 0) is 122 Å². The van der Waals surface area contributed by atoms with E-state index in [-0.39, 0.29) is 65.4 Å². The average Bonchev–Trinajstić information content (AvgIpc) is 0.787. The highest BCUT2D eigenvalue weighted by Gasteiger charge is 2.56. The molecule has 0 amide bonds. The zero-order valence-electron chi connectivity index (χ0n) is 53.8. The van der Waals surface area contributed by atoms with Crippen molar-refractivity contribution in [2.45, 2.75) is 157 Å². The summed E-state index contributed by atoms with van der Waals surface area (Å²) in [4.78, 5) is 28.1. The van der Waals surface area contributed by atoms with Crippen molar-refractivity contribution < 1.29 is 75.9 Å². The number of hydrogen-bond acceptors (Lipinski definition) is 17. The molecule has 3 heterocycles. The third kappa shape index (κ3) is 20.3. The van der Waals surface area contributed by atoms with Crippen LogP contribution in [0, 0.1) is 5.92 Å². The molecule has 16 nitrogen and oxygen atoms in total. The van der Waals surface area contributed by atoms with Gasteiger partial charge in [-0.1, -0.05) is 249 Å². The van der Waals surface area contributed by atoms with Gasteiger partial charge in [0.2, 0.25) is 0 Å². The molecule has 6 unspecified atom stereocenters. The van der Waals surface area contributed by atoms with Crippen molar-refractivity contribution >= 4 is 23.7 Å². The minimum Gasteiger partial charge on any atom is -0.454 e. The molecule has 0 bridgehead atoms. The number of rotatable bonds is 32. The van der Waals surface area contributed by atoms with Gasteiger partial charge in [-0.05, 0) is 51.1 Å². The summed E-state index contributed by atoms with van der Waals surface area (Å²) in [5.41, 5.74) is 5.60. The van der Waals surface area contributed by atoms with Crippen molar-refractivity contribution in [1.29, 1.82) is 0 Å². The van der Waals surface area contributed by atoms with Crippen LogP contribution in [0.25, 0.3) is 0 Å². The van der Waals surface area contributed by atoms with Crippen LogP contribution in [0.4, 0.5) is 0 Å². The second-order valence-electron chi connectivity index (χ2n) is 23.8. The van der Waals surface area contributed by atoms with Gasteiger partial charge >= 0.3 is 11.9 Å². The number of benzene rings is 8. The standard InChI is InChI=1S/C78H84O16S/c1-54-65(51-81-44-57-28-12-4-13-29-57)91-77(73(89-55(2)79)68(54)83-46-59-32-16-6-17-33-59)94-72-70(85-48-61-36-20-8-21-37-61)67(93-78(95-64-42-26-11-27-43-64)75(72)87-50-63-40-24-10-25-41-63)53-88-76-74(90-56(3)80)71(86-49-62-38-22-9-23-39-62)69(84-47-60-34-18-7-19-35-60)66(92-76)52-82-45-58-30-14-5-15-31-58/h4-43,54,65-78H,44-53H2,1-3H3/t54-,65?,66?,67?,68+,69-,70+,71+,72+,73?,74?,75?,76+,77-,78-/m1/s1. The van der Waals surface area contributed by atoms with E-state index < -0.39 is 97.1 Å². The third-order valence-electron chi connectivity index (χ3n) is 16.7. The van der Waals surface area contributed by atoms with E-state index in [0.717, 1.165) is 43.8 Å². The van der Waals surface area contributed by atoms with Crippen LogP contribution < -0.4 is 0 Å². The lowest BCUT2D eigenvalue weighted by Crippen LogP contribution is -2.65. The first-order valence-corrected chi connectivity index (χ1v) is 33.4. The van der Waals surface area contributed by atoms with Crippen molar-refractivity contribution in [2.24, 2.45) is 5.92 Å². The molecule has 0 radical (unpaired) electrons. The molecule has 8 aromatic rings. The summed E-state index contributed by atoms with van der Waals surface area (Å²) in [6.45, 7) is 6.02. The van der Waals surface area contributed by atoms with Crippen LogP contribution in [0.5, 0.6) is 0 Å². The fraction of sp³-hybridized carbons (Fsp3) is 0.359. The molecule has 0 spiro atoms. The number of esters is 2.